The fourth-order valence-electron chi connectivity index (χ4n) is 0.311. The Kier molecular flexibility index (Phi) is 46.1. The minimum atomic E-state index is 0. The zero-order valence-electron chi connectivity index (χ0n) is 14.7. The number of aromatic nitrogens is 1. The molecule has 20 heavy (non-hydrogen) atoms. The molecule has 0 aliphatic rings. The number of hydrogen-bond donors (Lipinski definition) is 0. The van der Waals surface area contributed by atoms with Crippen LogP contribution in [0.2, 0.25) is 0 Å². The summed E-state index contributed by atoms with van der Waals surface area (Å²) in [6, 6.07) is 0. The molecule has 0 aliphatic carbocycles. The molecule has 4 heteroatoms. The van der Waals surface area contributed by atoms with E-state index in [1.54, 1.807) is 23.1 Å². The molecule has 1 aromatic rings. The molecule has 1 heterocycles. The van der Waals surface area contributed by atoms with E-state index in [1.807, 2.05) is 17.8 Å². The molecule has 0 saturated heterocycles. The fourth-order valence-corrected chi connectivity index (χ4v) is 1.39. The number of thioether (sulfide) groups is 1. The van der Waals surface area contributed by atoms with Crippen LogP contribution in [-0.2, 0) is 0 Å². The second-order valence-electron chi connectivity index (χ2n) is 4.00. The minimum Gasteiger partial charge on any atom is -0.238 e. The summed E-state index contributed by atoms with van der Waals surface area (Å²) in [5.41, 5.74) is 0. The Balaban J connectivity index is -0.0000000881. The van der Waals surface area contributed by atoms with Gasteiger partial charge in [-0.15, -0.1) is 11.3 Å². The Hall–Kier alpha value is 0.779. The Morgan fingerprint density at radius 1 is 0.850 bits per heavy atom. The third-order valence-electron chi connectivity index (χ3n) is 2.08. The van der Waals surface area contributed by atoms with E-state index < -0.39 is 0 Å². The molecule has 0 bridgehead atoms. The molecule has 0 fully saturated rings. The summed E-state index contributed by atoms with van der Waals surface area (Å²) in [6.45, 7) is 13.1. The second kappa shape index (κ2) is 31.9. The quantitative estimate of drug-likeness (QED) is 0.385. The van der Waals surface area contributed by atoms with Crippen LogP contribution in [0.15, 0.2) is 15.9 Å². The molecule has 0 atom stereocenters. The van der Waals surface area contributed by atoms with E-state index in [0.29, 0.717) is 0 Å². The molecule has 4 radical (unpaired) electrons. The SMILES string of the molecule is CCCC.CCCC.CCCC.CSc1nccs1.[Sn]. The molecule has 0 saturated carbocycles. The van der Waals surface area contributed by atoms with Crippen molar-refractivity contribution in [2.75, 3.05) is 6.26 Å². The van der Waals surface area contributed by atoms with Crippen LogP contribution in [0.25, 0.3) is 0 Å². The van der Waals surface area contributed by atoms with Gasteiger partial charge in [0.05, 0.1) is 0 Å². The van der Waals surface area contributed by atoms with Crippen LogP contribution in [0, 0.1) is 0 Å². The summed E-state index contributed by atoms with van der Waals surface area (Å²) in [4.78, 5) is 4.02. The van der Waals surface area contributed by atoms with E-state index in [4.69, 9.17) is 0 Å². The average molecular weight is 424 g/mol. The molecule has 1 aromatic heterocycles. The first-order chi connectivity index (χ1) is 9.17. The van der Waals surface area contributed by atoms with Crippen molar-refractivity contribution in [3.63, 3.8) is 0 Å². The third kappa shape index (κ3) is 36.3. The topological polar surface area (TPSA) is 12.9 Å². The second-order valence-corrected chi connectivity index (χ2v) is 5.95. The minimum absolute atomic E-state index is 0. The van der Waals surface area contributed by atoms with Crippen LogP contribution in [0.4, 0.5) is 0 Å². The van der Waals surface area contributed by atoms with Gasteiger partial charge in [-0.05, 0) is 6.26 Å². The normalized spacial score (nSPS) is 7.75. The van der Waals surface area contributed by atoms with Crippen molar-refractivity contribution in [1.82, 2.24) is 4.98 Å². The fraction of sp³-hybridized carbons (Fsp3) is 0.812. The van der Waals surface area contributed by atoms with Crippen molar-refractivity contribution in [1.29, 1.82) is 0 Å². The number of nitrogens with zero attached hydrogens (tertiary/aromatic N) is 1. The number of thiazole rings is 1. The molecule has 1 nitrogen and oxygen atoms in total. The van der Waals surface area contributed by atoms with E-state index in [2.05, 4.69) is 46.5 Å². The van der Waals surface area contributed by atoms with Crippen molar-refractivity contribution in [3.05, 3.63) is 11.6 Å². The maximum absolute atomic E-state index is 4.02. The number of hydrogen-bond acceptors (Lipinski definition) is 3. The van der Waals surface area contributed by atoms with Crippen LogP contribution in [0.5, 0.6) is 0 Å². The Morgan fingerprint density at radius 3 is 1.30 bits per heavy atom. The van der Waals surface area contributed by atoms with Crippen molar-refractivity contribution in [2.45, 2.75) is 84.4 Å². The first-order valence-corrected chi connectivity index (χ1v) is 9.71. The Morgan fingerprint density at radius 2 is 1.20 bits per heavy atom. The summed E-state index contributed by atoms with van der Waals surface area (Å²) in [5.74, 6) is 0. The van der Waals surface area contributed by atoms with Gasteiger partial charge in [0.25, 0.3) is 0 Å². The van der Waals surface area contributed by atoms with Gasteiger partial charge in [0, 0.05) is 35.5 Å². The molecule has 0 aromatic carbocycles. The molecule has 1 rings (SSSR count). The summed E-state index contributed by atoms with van der Waals surface area (Å²) < 4.78 is 1.14. The van der Waals surface area contributed by atoms with Crippen molar-refractivity contribution >= 4 is 47.0 Å². The molecule has 0 amide bonds. The van der Waals surface area contributed by atoms with E-state index in [-0.39, 0.29) is 23.9 Å². The zero-order valence-corrected chi connectivity index (χ0v) is 19.1. The molecule has 0 spiro atoms. The number of unbranched alkanes of at least 4 members (excludes halogenated alkanes) is 3. The molecule has 0 unspecified atom stereocenters. The van der Waals surface area contributed by atoms with Gasteiger partial charge < -0.3 is 0 Å². The smallest absolute Gasteiger partial charge is 0.149 e. The predicted octanol–water partition coefficient (Wildman–Crippen LogP) is 6.90. The van der Waals surface area contributed by atoms with Crippen molar-refractivity contribution in [3.8, 4) is 0 Å². The first-order valence-electron chi connectivity index (χ1n) is 7.61. The van der Waals surface area contributed by atoms with Crippen LogP contribution < -0.4 is 0 Å². The van der Waals surface area contributed by atoms with Gasteiger partial charge in [-0.3, -0.25) is 0 Å². The van der Waals surface area contributed by atoms with E-state index in [1.165, 1.54) is 38.5 Å². The summed E-state index contributed by atoms with van der Waals surface area (Å²) >= 11 is 3.36. The number of rotatable bonds is 4. The summed E-state index contributed by atoms with van der Waals surface area (Å²) in [7, 11) is 0. The van der Waals surface area contributed by atoms with Crippen LogP contribution >= 0.6 is 23.1 Å². The van der Waals surface area contributed by atoms with Crippen LogP contribution in [0.3, 0.4) is 0 Å². The van der Waals surface area contributed by atoms with Gasteiger partial charge >= 0.3 is 0 Å². The monoisotopic (exact) mass is 425 g/mol. The van der Waals surface area contributed by atoms with Crippen LogP contribution in [-0.4, -0.2) is 35.1 Å². The van der Waals surface area contributed by atoms with E-state index in [0.717, 1.165) is 4.34 Å². The molecule has 120 valence electrons. The van der Waals surface area contributed by atoms with Crippen LogP contribution in [0.1, 0.15) is 80.1 Å². The molecular weight excluding hydrogens is 389 g/mol. The summed E-state index contributed by atoms with van der Waals surface area (Å²) in [5, 5.41) is 1.98. The zero-order chi connectivity index (χ0) is 15.4. The predicted molar refractivity (Wildman–Crippen MR) is 101 cm³/mol. The van der Waals surface area contributed by atoms with Gasteiger partial charge in [-0.25, -0.2) is 4.98 Å². The Bertz CT molecular complexity index is 189. The molecule has 0 aliphatic heterocycles. The maximum atomic E-state index is 4.02. The van der Waals surface area contributed by atoms with Gasteiger partial charge in [-0.2, -0.15) is 0 Å². The average Bonchev–Trinajstić information content (AvgIpc) is 3.01. The van der Waals surface area contributed by atoms with E-state index >= 15 is 0 Å². The third-order valence-corrected chi connectivity index (χ3v) is 3.89. The molecule has 0 N–H and O–H groups in total. The molecular formula is C16H35NS2Sn. The maximum Gasteiger partial charge on any atom is 0.149 e. The van der Waals surface area contributed by atoms with Gasteiger partial charge in [0.15, 0.2) is 0 Å². The van der Waals surface area contributed by atoms with Gasteiger partial charge in [0.2, 0.25) is 0 Å². The van der Waals surface area contributed by atoms with E-state index in [9.17, 15) is 0 Å². The van der Waals surface area contributed by atoms with Gasteiger partial charge in [0.1, 0.15) is 4.34 Å². The largest absolute Gasteiger partial charge is 0.238 e. The van der Waals surface area contributed by atoms with Gasteiger partial charge in [-0.1, -0.05) is 91.8 Å². The summed E-state index contributed by atoms with van der Waals surface area (Å²) in [6.07, 6.45) is 11.8. The van der Waals surface area contributed by atoms with Crippen molar-refractivity contribution in [2.24, 2.45) is 0 Å². The van der Waals surface area contributed by atoms with Crippen molar-refractivity contribution < 1.29 is 0 Å². The Labute approximate surface area is 153 Å². The standard InChI is InChI=1S/C4H5NS2.3C4H10.Sn/c1-6-4-5-2-3-7-4;3*1-3-4-2;/h2-3H,1H3;3*3-4H2,1-2H3;. The first kappa shape index (κ1) is 28.9.